The van der Waals surface area contributed by atoms with Gasteiger partial charge in [-0.15, -0.1) is 0 Å². The van der Waals surface area contributed by atoms with E-state index < -0.39 is 0 Å². The molecule has 0 saturated heterocycles. The molecule has 0 spiro atoms. The van der Waals surface area contributed by atoms with E-state index >= 15 is 0 Å². The summed E-state index contributed by atoms with van der Waals surface area (Å²) in [7, 11) is 0. The molecule has 1 rings (SSSR count). The number of hydrogen-bond acceptors (Lipinski definition) is 0. The fourth-order valence-corrected chi connectivity index (χ4v) is 2.62. The fraction of sp³-hybridized carbons (Fsp3) is 1.00. The van der Waals surface area contributed by atoms with E-state index in [0.29, 0.717) is 0 Å². The first kappa shape index (κ1) is 10.6. The Morgan fingerprint density at radius 1 is 1.08 bits per heavy atom. The highest BCUT2D eigenvalue weighted by atomic mass is 79.9. The molecule has 1 saturated carbocycles. The van der Waals surface area contributed by atoms with Gasteiger partial charge in [-0.1, -0.05) is 48.5 Å². The molecule has 0 atom stereocenters. The predicted molar refractivity (Wildman–Crippen MR) is 58.8 cm³/mol. The first-order chi connectivity index (χ1) is 5.83. The molecule has 0 aromatic carbocycles. The van der Waals surface area contributed by atoms with Crippen molar-refractivity contribution in [2.45, 2.75) is 63.1 Å². The van der Waals surface area contributed by atoms with Crippen LogP contribution in [0.4, 0.5) is 0 Å². The van der Waals surface area contributed by atoms with Gasteiger partial charge in [-0.2, -0.15) is 0 Å². The fourth-order valence-electron chi connectivity index (χ4n) is 2.09. The highest BCUT2D eigenvalue weighted by molar-refractivity contribution is 9.09. The van der Waals surface area contributed by atoms with Crippen molar-refractivity contribution in [3.63, 3.8) is 0 Å². The van der Waals surface area contributed by atoms with E-state index in [1.54, 1.807) is 0 Å². The number of alkyl halides is 1. The largest absolute Gasteiger partial charge is 0.0891 e. The van der Waals surface area contributed by atoms with Crippen molar-refractivity contribution >= 4 is 15.9 Å². The molecule has 1 fully saturated rings. The van der Waals surface area contributed by atoms with Crippen LogP contribution in [0.3, 0.4) is 0 Å². The zero-order valence-corrected chi connectivity index (χ0v) is 9.78. The van der Waals surface area contributed by atoms with E-state index in [0.717, 1.165) is 10.7 Å². The lowest BCUT2D eigenvalue weighted by atomic mass is 9.85. The average molecular weight is 233 g/mol. The minimum atomic E-state index is 0.833. The molecule has 0 heterocycles. The Kier molecular flexibility index (Phi) is 5.29. The molecule has 0 nitrogen and oxygen atoms in total. The molecule has 0 N–H and O–H groups in total. The van der Waals surface area contributed by atoms with Crippen molar-refractivity contribution < 1.29 is 0 Å². The molecule has 0 aromatic rings. The summed E-state index contributed by atoms with van der Waals surface area (Å²) in [6.45, 7) is 2.29. The van der Waals surface area contributed by atoms with Crippen LogP contribution in [0.25, 0.3) is 0 Å². The van der Waals surface area contributed by atoms with Crippen molar-refractivity contribution in [1.29, 1.82) is 0 Å². The summed E-state index contributed by atoms with van der Waals surface area (Å²) in [5.74, 6) is 1.06. The van der Waals surface area contributed by atoms with E-state index in [9.17, 15) is 0 Å². The summed E-state index contributed by atoms with van der Waals surface area (Å²) in [6, 6.07) is 0. The Hall–Kier alpha value is 0.480. The van der Waals surface area contributed by atoms with Crippen LogP contribution in [-0.2, 0) is 0 Å². The Morgan fingerprint density at radius 2 is 1.75 bits per heavy atom. The van der Waals surface area contributed by atoms with Crippen molar-refractivity contribution in [2.24, 2.45) is 5.92 Å². The summed E-state index contributed by atoms with van der Waals surface area (Å²) in [5, 5.41) is 0. The van der Waals surface area contributed by atoms with Crippen LogP contribution in [0, 0.1) is 5.92 Å². The Morgan fingerprint density at radius 3 is 2.33 bits per heavy atom. The summed E-state index contributed by atoms with van der Waals surface area (Å²) in [4.78, 5) is 0.833. The molecule has 0 unspecified atom stereocenters. The molecule has 0 amide bonds. The molecular weight excluding hydrogens is 212 g/mol. The summed E-state index contributed by atoms with van der Waals surface area (Å²) < 4.78 is 0. The zero-order valence-electron chi connectivity index (χ0n) is 8.19. The predicted octanol–water partition coefficient (Wildman–Crippen LogP) is 4.52. The molecular formula is C11H21Br. The quantitative estimate of drug-likeness (QED) is 0.494. The summed E-state index contributed by atoms with van der Waals surface area (Å²) >= 11 is 3.70. The third kappa shape index (κ3) is 3.93. The first-order valence-corrected chi connectivity index (χ1v) is 6.38. The molecule has 12 heavy (non-hydrogen) atoms. The lowest BCUT2D eigenvalue weighted by Crippen LogP contribution is -2.13. The third-order valence-electron chi connectivity index (χ3n) is 2.99. The maximum absolute atomic E-state index is 3.70. The second kappa shape index (κ2) is 6.01. The van der Waals surface area contributed by atoms with Crippen molar-refractivity contribution in [3.8, 4) is 0 Å². The Labute approximate surface area is 85.3 Å². The minimum Gasteiger partial charge on any atom is -0.0891 e. The average Bonchev–Trinajstić information content (AvgIpc) is 2.09. The lowest BCUT2D eigenvalue weighted by molar-refractivity contribution is 0.337. The molecule has 0 aliphatic heterocycles. The van der Waals surface area contributed by atoms with Gasteiger partial charge in [-0.25, -0.2) is 0 Å². The van der Waals surface area contributed by atoms with Crippen molar-refractivity contribution in [3.05, 3.63) is 0 Å². The molecule has 0 aromatic heterocycles. The highest BCUT2D eigenvalue weighted by Gasteiger charge is 2.18. The second-order valence-corrected chi connectivity index (χ2v) is 5.41. The molecule has 1 aliphatic rings. The summed E-state index contributed by atoms with van der Waals surface area (Å²) in [6.07, 6.45) is 11.5. The molecule has 0 bridgehead atoms. The zero-order chi connectivity index (χ0) is 8.81. The molecule has 72 valence electrons. The second-order valence-electron chi connectivity index (χ2n) is 4.11. The van der Waals surface area contributed by atoms with Gasteiger partial charge in [-0.05, 0) is 31.6 Å². The van der Waals surface area contributed by atoms with Crippen LogP contribution in [0.1, 0.15) is 58.3 Å². The topological polar surface area (TPSA) is 0 Å². The maximum Gasteiger partial charge on any atom is 0.0146 e. The number of rotatable bonds is 4. The van der Waals surface area contributed by atoms with Gasteiger partial charge in [-0.3, -0.25) is 0 Å². The first-order valence-electron chi connectivity index (χ1n) is 5.47. The van der Waals surface area contributed by atoms with Crippen molar-refractivity contribution in [2.75, 3.05) is 0 Å². The van der Waals surface area contributed by atoms with E-state index in [2.05, 4.69) is 22.9 Å². The van der Waals surface area contributed by atoms with Crippen LogP contribution >= 0.6 is 15.9 Å². The summed E-state index contributed by atoms with van der Waals surface area (Å²) in [5.41, 5.74) is 0. The Bertz CT molecular complexity index is 104. The molecule has 1 aliphatic carbocycles. The van der Waals surface area contributed by atoms with Crippen LogP contribution in [0.5, 0.6) is 0 Å². The highest BCUT2D eigenvalue weighted by Crippen LogP contribution is 2.31. The standard InChI is InChI=1S/C11H21Br/c1-2-3-4-5-10-6-8-11(12)9-7-10/h10-11H,2-9H2,1H3/t10-,11-. The van der Waals surface area contributed by atoms with E-state index in [1.807, 2.05) is 0 Å². The smallest absolute Gasteiger partial charge is 0.0146 e. The van der Waals surface area contributed by atoms with Crippen molar-refractivity contribution in [1.82, 2.24) is 0 Å². The lowest BCUT2D eigenvalue weighted by Gasteiger charge is -2.24. The maximum atomic E-state index is 3.70. The van der Waals surface area contributed by atoms with Gasteiger partial charge in [0.25, 0.3) is 0 Å². The third-order valence-corrected chi connectivity index (χ3v) is 3.91. The van der Waals surface area contributed by atoms with Gasteiger partial charge in [0.05, 0.1) is 0 Å². The van der Waals surface area contributed by atoms with Gasteiger partial charge < -0.3 is 0 Å². The van der Waals surface area contributed by atoms with E-state index in [-0.39, 0.29) is 0 Å². The number of hydrogen-bond donors (Lipinski definition) is 0. The van der Waals surface area contributed by atoms with Gasteiger partial charge in [0.2, 0.25) is 0 Å². The molecule has 0 radical (unpaired) electrons. The van der Waals surface area contributed by atoms with E-state index in [4.69, 9.17) is 0 Å². The number of halogens is 1. The van der Waals surface area contributed by atoms with Crippen LogP contribution < -0.4 is 0 Å². The monoisotopic (exact) mass is 232 g/mol. The normalized spacial score (nSPS) is 30.5. The van der Waals surface area contributed by atoms with Crippen LogP contribution in [0.2, 0.25) is 0 Å². The van der Waals surface area contributed by atoms with Gasteiger partial charge in [0, 0.05) is 4.83 Å². The van der Waals surface area contributed by atoms with Gasteiger partial charge in [0.1, 0.15) is 0 Å². The van der Waals surface area contributed by atoms with Crippen LogP contribution in [0.15, 0.2) is 0 Å². The van der Waals surface area contributed by atoms with Gasteiger partial charge in [0.15, 0.2) is 0 Å². The van der Waals surface area contributed by atoms with Gasteiger partial charge >= 0.3 is 0 Å². The SMILES string of the molecule is CCCCC[C@H]1CC[C@H](Br)CC1. The Balaban J connectivity index is 2.01. The van der Waals surface area contributed by atoms with Crippen LogP contribution in [-0.4, -0.2) is 4.83 Å². The minimum absolute atomic E-state index is 0.833. The molecule has 1 heteroatoms. The van der Waals surface area contributed by atoms with E-state index in [1.165, 1.54) is 51.4 Å². The number of unbranched alkanes of at least 4 members (excludes halogenated alkanes) is 2.